The SMILES string of the molecule is Cc1nnc([C@]23C[C@H](C)C[C@H](C2)N3C(=O)Nc2ccc(C(F)(F)F)c(-n3ncc(F)n3)c2)o1. The van der Waals surface area contributed by atoms with Crippen LogP contribution in [0.2, 0.25) is 0 Å². The Kier molecular flexibility index (Phi) is 4.69. The van der Waals surface area contributed by atoms with Gasteiger partial charge in [0.1, 0.15) is 17.4 Å². The van der Waals surface area contributed by atoms with Gasteiger partial charge in [0.25, 0.3) is 5.95 Å². The van der Waals surface area contributed by atoms with Crippen LogP contribution in [0.1, 0.15) is 43.5 Å². The summed E-state index contributed by atoms with van der Waals surface area (Å²) < 4.78 is 59.4. The molecule has 0 radical (unpaired) electrons. The number of urea groups is 1. The lowest BCUT2D eigenvalue weighted by molar-refractivity contribution is -0.137. The Morgan fingerprint density at radius 3 is 2.70 bits per heavy atom. The molecule has 5 rings (SSSR count). The molecule has 1 N–H and O–H groups in total. The number of benzene rings is 1. The molecule has 1 saturated heterocycles. The summed E-state index contributed by atoms with van der Waals surface area (Å²) in [4.78, 5) is 15.4. The number of aromatic nitrogens is 5. The minimum Gasteiger partial charge on any atom is -0.423 e. The Bertz CT molecular complexity index is 1220. The van der Waals surface area contributed by atoms with Gasteiger partial charge in [0.2, 0.25) is 11.8 Å². The van der Waals surface area contributed by atoms with Crippen molar-refractivity contribution in [2.75, 3.05) is 5.32 Å². The molecule has 2 fully saturated rings. The molecule has 3 heterocycles. The zero-order valence-electron chi connectivity index (χ0n) is 17.6. The Morgan fingerprint density at radius 2 is 2.06 bits per heavy atom. The van der Waals surface area contributed by atoms with Gasteiger partial charge in [0.15, 0.2) is 0 Å². The number of nitrogens with zero attached hydrogens (tertiary/aromatic N) is 6. The van der Waals surface area contributed by atoms with Crippen LogP contribution in [0, 0.1) is 18.8 Å². The van der Waals surface area contributed by atoms with Gasteiger partial charge in [-0.15, -0.1) is 20.1 Å². The van der Waals surface area contributed by atoms with Crippen LogP contribution in [0.4, 0.5) is 28.0 Å². The topological polar surface area (TPSA) is 102 Å². The number of likely N-dealkylation sites (tertiary alicyclic amines) is 1. The summed E-state index contributed by atoms with van der Waals surface area (Å²) in [5.74, 6) is 0.0327. The molecule has 1 saturated carbocycles. The van der Waals surface area contributed by atoms with Crippen LogP contribution in [-0.2, 0) is 11.7 Å². The summed E-state index contributed by atoms with van der Waals surface area (Å²) in [6.45, 7) is 3.74. The zero-order chi connectivity index (χ0) is 23.5. The Hall–Kier alpha value is -3.51. The van der Waals surface area contributed by atoms with E-state index in [0.29, 0.717) is 41.5 Å². The highest BCUT2D eigenvalue weighted by Crippen LogP contribution is 2.55. The largest absolute Gasteiger partial charge is 0.423 e. The second-order valence-electron chi connectivity index (χ2n) is 8.55. The number of carbonyl (C=O) groups is 1. The Labute approximate surface area is 184 Å². The predicted octanol–water partition coefficient (Wildman–Crippen LogP) is 4.05. The number of nitrogens with one attached hydrogen (secondary N) is 1. The smallest absolute Gasteiger partial charge is 0.418 e. The van der Waals surface area contributed by atoms with Gasteiger partial charge in [0, 0.05) is 25.1 Å². The molecular weight excluding hydrogens is 446 g/mol. The van der Waals surface area contributed by atoms with E-state index in [9.17, 15) is 22.4 Å². The minimum absolute atomic E-state index is 0.0586. The molecule has 1 aliphatic heterocycles. The van der Waals surface area contributed by atoms with E-state index in [4.69, 9.17) is 4.42 Å². The molecule has 0 spiro atoms. The van der Waals surface area contributed by atoms with Crippen LogP contribution in [0.3, 0.4) is 0 Å². The lowest BCUT2D eigenvalue weighted by atomic mass is 9.64. The Balaban J connectivity index is 1.46. The van der Waals surface area contributed by atoms with Gasteiger partial charge < -0.3 is 14.6 Å². The summed E-state index contributed by atoms with van der Waals surface area (Å²) in [5, 5.41) is 17.5. The monoisotopic (exact) mass is 465 g/mol. The maximum atomic E-state index is 13.5. The van der Waals surface area contributed by atoms with E-state index < -0.39 is 34.9 Å². The highest BCUT2D eigenvalue weighted by molar-refractivity contribution is 5.91. The molecule has 1 aromatic carbocycles. The summed E-state index contributed by atoms with van der Waals surface area (Å²) in [5.41, 5.74) is -2.25. The van der Waals surface area contributed by atoms with Crippen molar-refractivity contribution in [3.63, 3.8) is 0 Å². The first-order valence-electron chi connectivity index (χ1n) is 10.3. The second kappa shape index (κ2) is 7.25. The van der Waals surface area contributed by atoms with Gasteiger partial charge in [-0.05, 0) is 37.0 Å². The first kappa shape index (κ1) is 21.3. The number of halogens is 4. The minimum atomic E-state index is -4.73. The number of amides is 2. The number of alkyl halides is 3. The lowest BCUT2D eigenvalue weighted by Gasteiger charge is -2.61. The fourth-order valence-corrected chi connectivity index (χ4v) is 4.99. The van der Waals surface area contributed by atoms with Crippen molar-refractivity contribution in [3.8, 4) is 5.69 Å². The van der Waals surface area contributed by atoms with Crippen molar-refractivity contribution in [3.05, 3.63) is 47.7 Å². The average Bonchev–Trinajstić information content (AvgIpc) is 3.35. The fourth-order valence-electron chi connectivity index (χ4n) is 4.99. The van der Waals surface area contributed by atoms with Crippen LogP contribution in [0.5, 0.6) is 0 Å². The number of carbonyl (C=O) groups excluding carboxylic acids is 1. The number of piperidine rings is 1. The van der Waals surface area contributed by atoms with Crippen LogP contribution in [0.15, 0.2) is 28.8 Å². The van der Waals surface area contributed by atoms with Crippen molar-refractivity contribution < 1.29 is 26.8 Å². The summed E-state index contributed by atoms with van der Waals surface area (Å²) in [6.07, 6.45) is -1.94. The molecule has 33 heavy (non-hydrogen) atoms. The maximum absolute atomic E-state index is 13.5. The van der Waals surface area contributed by atoms with Gasteiger partial charge in [-0.3, -0.25) is 0 Å². The Morgan fingerprint density at radius 1 is 1.27 bits per heavy atom. The first-order chi connectivity index (χ1) is 15.6. The van der Waals surface area contributed by atoms with Crippen LogP contribution >= 0.6 is 0 Å². The number of hydrogen-bond donors (Lipinski definition) is 1. The van der Waals surface area contributed by atoms with E-state index in [2.05, 4.69) is 32.6 Å². The van der Waals surface area contributed by atoms with Crippen molar-refractivity contribution in [2.24, 2.45) is 5.92 Å². The van der Waals surface area contributed by atoms with Crippen molar-refractivity contribution in [2.45, 2.75) is 50.9 Å². The molecule has 174 valence electrons. The summed E-state index contributed by atoms with van der Waals surface area (Å²) in [7, 11) is 0. The molecule has 2 aliphatic rings. The standard InChI is InChI=1S/C20H19F4N7O2/c1-10-5-13-8-19(7-10,17-28-27-11(2)33-17)30(13)18(32)26-12-3-4-14(20(22,23)24)15(6-12)31-25-9-16(21)29-31/h3-4,6,9-10,13H,5,7-8H2,1-2H3,(H,26,32)/t10-,13-,19+/m1/s1. The van der Waals surface area contributed by atoms with E-state index >= 15 is 0 Å². The quantitative estimate of drug-likeness (QED) is 0.586. The van der Waals surface area contributed by atoms with Crippen LogP contribution in [0.25, 0.3) is 5.69 Å². The van der Waals surface area contributed by atoms with Crippen molar-refractivity contribution in [1.29, 1.82) is 0 Å². The van der Waals surface area contributed by atoms with Gasteiger partial charge in [-0.1, -0.05) is 6.92 Å². The number of anilines is 1. The number of fused-ring (bicyclic) bond motifs is 2. The van der Waals surface area contributed by atoms with Gasteiger partial charge in [0.05, 0.1) is 5.56 Å². The highest BCUT2D eigenvalue weighted by atomic mass is 19.4. The van der Waals surface area contributed by atoms with Crippen LogP contribution in [-0.4, -0.2) is 42.2 Å². The molecular formula is C20H19F4N7O2. The van der Waals surface area contributed by atoms with Crippen molar-refractivity contribution in [1.82, 2.24) is 30.1 Å². The summed E-state index contributed by atoms with van der Waals surface area (Å²) in [6, 6.07) is 2.42. The molecule has 2 amide bonds. The van der Waals surface area contributed by atoms with Crippen molar-refractivity contribution >= 4 is 11.7 Å². The zero-order valence-corrected chi connectivity index (χ0v) is 17.6. The van der Waals surface area contributed by atoms with Crippen LogP contribution < -0.4 is 5.32 Å². The first-order valence-corrected chi connectivity index (χ1v) is 10.3. The normalized spacial score (nSPS) is 24.5. The molecule has 1 aliphatic carbocycles. The molecule has 2 bridgehead atoms. The molecule has 3 aromatic rings. The number of aryl methyl sites for hydroxylation is 1. The highest BCUT2D eigenvalue weighted by Gasteiger charge is 2.62. The predicted molar refractivity (Wildman–Crippen MR) is 105 cm³/mol. The van der Waals surface area contributed by atoms with E-state index in [1.54, 1.807) is 11.8 Å². The summed E-state index contributed by atoms with van der Waals surface area (Å²) >= 11 is 0. The molecule has 9 nitrogen and oxygen atoms in total. The average molecular weight is 465 g/mol. The molecule has 0 unspecified atom stereocenters. The number of hydrogen-bond acceptors (Lipinski definition) is 6. The molecule has 13 heteroatoms. The third-order valence-corrected chi connectivity index (χ3v) is 6.14. The fraction of sp³-hybridized carbons (Fsp3) is 0.450. The van der Waals surface area contributed by atoms with Gasteiger partial charge in [-0.2, -0.15) is 22.7 Å². The maximum Gasteiger partial charge on any atom is 0.418 e. The van der Waals surface area contributed by atoms with Gasteiger partial charge >= 0.3 is 12.2 Å². The van der Waals surface area contributed by atoms with E-state index in [1.165, 1.54) is 0 Å². The van der Waals surface area contributed by atoms with E-state index in [-0.39, 0.29) is 11.7 Å². The second-order valence-corrected chi connectivity index (χ2v) is 8.55. The molecule has 3 atom stereocenters. The third kappa shape index (κ3) is 3.51. The third-order valence-electron chi connectivity index (χ3n) is 6.14. The van der Waals surface area contributed by atoms with E-state index in [1.807, 2.05) is 0 Å². The lowest BCUT2D eigenvalue weighted by Crippen LogP contribution is -2.70. The van der Waals surface area contributed by atoms with Gasteiger partial charge in [-0.25, -0.2) is 4.79 Å². The van der Waals surface area contributed by atoms with E-state index in [0.717, 1.165) is 24.6 Å². The number of rotatable bonds is 3. The molecule has 2 aromatic heterocycles.